The van der Waals surface area contributed by atoms with Crippen LogP contribution >= 0.6 is 0 Å². The van der Waals surface area contributed by atoms with Crippen molar-refractivity contribution in [2.24, 2.45) is 5.73 Å². The van der Waals surface area contributed by atoms with Crippen LogP contribution in [0, 0.1) is 0 Å². The summed E-state index contributed by atoms with van der Waals surface area (Å²) < 4.78 is 0. The van der Waals surface area contributed by atoms with Gasteiger partial charge in [0.25, 0.3) is 0 Å². The molecule has 0 radical (unpaired) electrons. The van der Waals surface area contributed by atoms with Gasteiger partial charge in [0.2, 0.25) is 0 Å². The third-order valence-corrected chi connectivity index (χ3v) is 0.712. The molecule has 0 amide bonds. The number of carboxylic acid groups (broad SMARTS) is 2. The summed E-state index contributed by atoms with van der Waals surface area (Å²) in [5.74, 6) is -2.50. The van der Waals surface area contributed by atoms with Gasteiger partial charge in [0.05, 0.1) is 6.42 Å². The fourth-order valence-electron chi connectivity index (χ4n) is 0.275. The lowest BCUT2D eigenvalue weighted by molar-refractivity contribution is -0.144. The summed E-state index contributed by atoms with van der Waals surface area (Å²) >= 11 is 0. The second kappa shape index (κ2) is 4.95. The Bertz CT molecular complexity index is 137. The highest BCUT2D eigenvalue weighted by Crippen LogP contribution is 1.86. The van der Waals surface area contributed by atoms with Crippen molar-refractivity contribution in [2.45, 2.75) is 12.5 Å². The van der Waals surface area contributed by atoms with E-state index in [0.717, 1.165) is 0 Å². The zero-order valence-electron chi connectivity index (χ0n) is 4.57. The molecular formula is C4H11NO4Si. The average Bonchev–Trinajstić information content (AvgIpc) is 1.63. The molecule has 0 heterocycles. The third-order valence-electron chi connectivity index (χ3n) is 0.712. The monoisotopic (exact) mass is 165 g/mol. The molecule has 0 spiro atoms. The van der Waals surface area contributed by atoms with Crippen molar-refractivity contribution in [3.63, 3.8) is 0 Å². The van der Waals surface area contributed by atoms with Crippen molar-refractivity contribution in [1.29, 1.82) is 0 Å². The van der Waals surface area contributed by atoms with Gasteiger partial charge in [-0.15, -0.1) is 0 Å². The lowest BCUT2D eigenvalue weighted by Crippen LogP contribution is -2.32. The van der Waals surface area contributed by atoms with Gasteiger partial charge in [-0.2, -0.15) is 0 Å². The summed E-state index contributed by atoms with van der Waals surface area (Å²) in [6, 6.07) is -1.29. The van der Waals surface area contributed by atoms with Crippen molar-refractivity contribution in [3.05, 3.63) is 0 Å². The third kappa shape index (κ3) is 5.26. The van der Waals surface area contributed by atoms with Gasteiger partial charge in [0.15, 0.2) is 0 Å². The van der Waals surface area contributed by atoms with Crippen LogP contribution in [0.15, 0.2) is 0 Å². The molecule has 0 aliphatic rings. The van der Waals surface area contributed by atoms with Crippen molar-refractivity contribution >= 4 is 22.9 Å². The van der Waals surface area contributed by atoms with Crippen LogP contribution in [0.4, 0.5) is 0 Å². The SMILES string of the molecule is NC(CC(=O)O)C(=O)O.[SiH4]. The molecule has 10 heavy (non-hydrogen) atoms. The van der Waals surface area contributed by atoms with E-state index in [1.165, 1.54) is 0 Å². The summed E-state index contributed by atoms with van der Waals surface area (Å²) in [7, 11) is 0. The van der Waals surface area contributed by atoms with Crippen molar-refractivity contribution < 1.29 is 19.8 Å². The summed E-state index contributed by atoms with van der Waals surface area (Å²) in [6.45, 7) is 0. The molecule has 0 saturated heterocycles. The van der Waals surface area contributed by atoms with E-state index >= 15 is 0 Å². The van der Waals surface area contributed by atoms with E-state index in [0.29, 0.717) is 0 Å². The van der Waals surface area contributed by atoms with Crippen LogP contribution in [0.5, 0.6) is 0 Å². The molecule has 0 aromatic heterocycles. The van der Waals surface area contributed by atoms with Crippen molar-refractivity contribution in [2.75, 3.05) is 0 Å². The zero-order valence-corrected chi connectivity index (χ0v) is 4.57. The summed E-state index contributed by atoms with van der Waals surface area (Å²) in [5, 5.41) is 16.0. The number of rotatable bonds is 3. The Morgan fingerprint density at radius 2 is 1.80 bits per heavy atom. The zero-order chi connectivity index (χ0) is 7.44. The molecule has 4 N–H and O–H groups in total. The normalized spacial score (nSPS) is 11.3. The lowest BCUT2D eigenvalue weighted by atomic mass is 10.2. The van der Waals surface area contributed by atoms with Crippen LogP contribution < -0.4 is 5.73 Å². The Morgan fingerprint density at radius 3 is 1.90 bits per heavy atom. The van der Waals surface area contributed by atoms with Gasteiger partial charge < -0.3 is 15.9 Å². The highest BCUT2D eigenvalue weighted by atomic mass is 28.1. The van der Waals surface area contributed by atoms with Gasteiger partial charge in [-0.1, -0.05) is 0 Å². The minimum absolute atomic E-state index is 0. The molecule has 6 heteroatoms. The number of hydrogen-bond donors (Lipinski definition) is 3. The largest absolute Gasteiger partial charge is 0.481 e. The maximum Gasteiger partial charge on any atom is 0.321 e. The van der Waals surface area contributed by atoms with Gasteiger partial charge in [0.1, 0.15) is 6.04 Å². The van der Waals surface area contributed by atoms with Gasteiger partial charge in [-0.25, -0.2) is 0 Å². The number of carbonyl (C=O) groups is 2. The fourth-order valence-corrected chi connectivity index (χ4v) is 0.275. The number of carboxylic acids is 2. The number of nitrogens with two attached hydrogens (primary N) is 1. The molecule has 1 unspecified atom stereocenters. The molecule has 0 aromatic rings. The second-order valence-corrected chi connectivity index (χ2v) is 1.54. The van der Waals surface area contributed by atoms with Crippen LogP contribution in [0.1, 0.15) is 6.42 Å². The number of hydrogen-bond acceptors (Lipinski definition) is 3. The van der Waals surface area contributed by atoms with Crippen LogP contribution in [-0.4, -0.2) is 39.2 Å². The Hall–Kier alpha value is -0.883. The first-order valence-corrected chi connectivity index (χ1v) is 2.24. The Balaban J connectivity index is 0. The maximum atomic E-state index is 9.85. The van der Waals surface area contributed by atoms with E-state index in [-0.39, 0.29) is 11.0 Å². The Labute approximate surface area is 61.9 Å². The first kappa shape index (κ1) is 11.9. The first-order valence-electron chi connectivity index (χ1n) is 2.24. The Morgan fingerprint density at radius 1 is 1.40 bits per heavy atom. The quantitative estimate of drug-likeness (QED) is 0.399. The van der Waals surface area contributed by atoms with Crippen LogP contribution in [0.25, 0.3) is 0 Å². The highest BCUT2D eigenvalue weighted by molar-refractivity contribution is 5.80. The molecule has 0 aliphatic carbocycles. The van der Waals surface area contributed by atoms with E-state index in [1.807, 2.05) is 0 Å². The summed E-state index contributed by atoms with van der Waals surface area (Å²) in [4.78, 5) is 19.6. The van der Waals surface area contributed by atoms with Gasteiger partial charge in [-0.3, -0.25) is 9.59 Å². The molecule has 0 aliphatic heterocycles. The molecule has 1 atom stereocenters. The fraction of sp³-hybridized carbons (Fsp3) is 0.500. The van der Waals surface area contributed by atoms with E-state index in [2.05, 4.69) is 0 Å². The van der Waals surface area contributed by atoms with Crippen LogP contribution in [0.3, 0.4) is 0 Å². The van der Waals surface area contributed by atoms with E-state index in [1.54, 1.807) is 0 Å². The molecule has 60 valence electrons. The van der Waals surface area contributed by atoms with Crippen molar-refractivity contribution in [1.82, 2.24) is 0 Å². The summed E-state index contributed by atoms with van der Waals surface area (Å²) in [5.41, 5.74) is 4.84. The van der Waals surface area contributed by atoms with E-state index in [9.17, 15) is 9.59 Å². The van der Waals surface area contributed by atoms with Crippen LogP contribution in [-0.2, 0) is 9.59 Å². The predicted octanol–water partition coefficient (Wildman–Crippen LogP) is -2.58. The smallest absolute Gasteiger partial charge is 0.321 e. The molecule has 0 aromatic carbocycles. The molecule has 0 bridgehead atoms. The maximum absolute atomic E-state index is 9.85. The van der Waals surface area contributed by atoms with Gasteiger partial charge in [-0.05, 0) is 11.0 Å². The van der Waals surface area contributed by atoms with Crippen molar-refractivity contribution in [3.8, 4) is 0 Å². The van der Waals surface area contributed by atoms with E-state index in [4.69, 9.17) is 15.9 Å². The lowest BCUT2D eigenvalue weighted by Gasteiger charge is -1.99. The molecule has 0 rings (SSSR count). The van der Waals surface area contributed by atoms with E-state index < -0.39 is 24.4 Å². The highest BCUT2D eigenvalue weighted by Gasteiger charge is 2.14. The topological polar surface area (TPSA) is 101 Å². The molecule has 0 saturated carbocycles. The first-order chi connectivity index (χ1) is 4.04. The molecule has 5 nitrogen and oxygen atoms in total. The predicted molar refractivity (Wildman–Crippen MR) is 39.2 cm³/mol. The summed E-state index contributed by atoms with van der Waals surface area (Å²) in [6.07, 6.45) is -0.532. The standard InChI is InChI=1S/C4H7NO4.H4Si/c5-2(4(8)9)1-3(6)7;/h2H,1,5H2,(H,6,7)(H,8,9);1H4. The Kier molecular flexibility index (Phi) is 5.87. The minimum Gasteiger partial charge on any atom is -0.481 e. The molecular weight excluding hydrogens is 154 g/mol. The van der Waals surface area contributed by atoms with Crippen LogP contribution in [0.2, 0.25) is 0 Å². The average molecular weight is 165 g/mol. The number of aliphatic carboxylic acids is 2. The minimum atomic E-state index is -1.29. The van der Waals surface area contributed by atoms with Gasteiger partial charge >= 0.3 is 11.9 Å². The molecule has 0 fully saturated rings. The van der Waals surface area contributed by atoms with Gasteiger partial charge in [0, 0.05) is 0 Å². The second-order valence-electron chi connectivity index (χ2n) is 1.54.